The lowest BCUT2D eigenvalue weighted by Gasteiger charge is -2.58. The van der Waals surface area contributed by atoms with Crippen molar-refractivity contribution in [1.82, 2.24) is 25.5 Å². The van der Waals surface area contributed by atoms with Gasteiger partial charge in [0.25, 0.3) is 0 Å². The highest BCUT2D eigenvalue weighted by Crippen LogP contribution is 2.51. The van der Waals surface area contributed by atoms with Gasteiger partial charge in [0.1, 0.15) is 11.6 Å². The molecule has 1 aromatic carbocycles. The highest BCUT2D eigenvalue weighted by Gasteiger charge is 2.66. The molecule has 1 heterocycles. The summed E-state index contributed by atoms with van der Waals surface area (Å²) < 4.78 is 5.62. The van der Waals surface area contributed by atoms with Crippen LogP contribution in [0.2, 0.25) is 0 Å². The van der Waals surface area contributed by atoms with E-state index in [4.69, 9.17) is 4.74 Å². The highest BCUT2D eigenvalue weighted by molar-refractivity contribution is 5.90. The summed E-state index contributed by atoms with van der Waals surface area (Å²) in [6.45, 7) is 7.53. The van der Waals surface area contributed by atoms with Crippen LogP contribution in [0.1, 0.15) is 40.2 Å². The molecule has 2 aromatic rings. The Morgan fingerprint density at radius 2 is 2.04 bits per heavy atom. The summed E-state index contributed by atoms with van der Waals surface area (Å²) in [6.07, 6.45) is -0.0276. The SMILES string of the molecule is CCOC1CC(NC(=O)C(C)n2nnc(-c3ccccc3)n2)(C(=O)O)C1(C)C. The Bertz CT molecular complexity index is 866. The molecule has 1 aromatic heterocycles. The quantitative estimate of drug-likeness (QED) is 0.742. The van der Waals surface area contributed by atoms with Crippen LogP contribution in [0.25, 0.3) is 11.4 Å². The van der Waals surface area contributed by atoms with Crippen LogP contribution >= 0.6 is 0 Å². The summed E-state index contributed by atoms with van der Waals surface area (Å²) in [7, 11) is 0. The molecule has 28 heavy (non-hydrogen) atoms. The molecular formula is C19H25N5O4. The maximum atomic E-state index is 12.8. The molecule has 3 unspecified atom stereocenters. The number of aromatic nitrogens is 4. The highest BCUT2D eigenvalue weighted by atomic mass is 16.5. The van der Waals surface area contributed by atoms with Crippen molar-refractivity contribution in [2.24, 2.45) is 5.41 Å². The van der Waals surface area contributed by atoms with Gasteiger partial charge in [-0.25, -0.2) is 4.79 Å². The third-order valence-electron chi connectivity index (χ3n) is 5.65. The minimum absolute atomic E-state index is 0.210. The number of benzene rings is 1. The molecule has 1 aliphatic carbocycles. The second-order valence-electron chi connectivity index (χ2n) is 7.54. The Balaban J connectivity index is 1.77. The Kier molecular flexibility index (Phi) is 5.20. The van der Waals surface area contributed by atoms with E-state index < -0.39 is 28.9 Å². The number of carboxylic acids is 1. The maximum absolute atomic E-state index is 12.8. The second kappa shape index (κ2) is 7.31. The molecule has 1 saturated carbocycles. The molecule has 1 amide bonds. The lowest BCUT2D eigenvalue weighted by molar-refractivity contribution is -0.195. The Morgan fingerprint density at radius 1 is 1.36 bits per heavy atom. The van der Waals surface area contributed by atoms with Gasteiger partial charge in [0, 0.05) is 24.0 Å². The Labute approximate surface area is 163 Å². The molecule has 0 saturated heterocycles. The van der Waals surface area contributed by atoms with Crippen LogP contribution in [0.3, 0.4) is 0 Å². The Morgan fingerprint density at radius 3 is 2.61 bits per heavy atom. The minimum Gasteiger partial charge on any atom is -0.479 e. The van der Waals surface area contributed by atoms with E-state index in [0.717, 1.165) is 5.56 Å². The van der Waals surface area contributed by atoms with Crippen molar-refractivity contribution in [2.45, 2.75) is 51.8 Å². The van der Waals surface area contributed by atoms with E-state index in [1.165, 1.54) is 4.80 Å². The minimum atomic E-state index is -1.40. The van der Waals surface area contributed by atoms with Gasteiger partial charge in [-0.3, -0.25) is 4.79 Å². The summed E-state index contributed by atoms with van der Waals surface area (Å²) in [4.78, 5) is 26.0. The molecule has 3 atom stereocenters. The molecule has 1 aliphatic rings. The monoisotopic (exact) mass is 387 g/mol. The smallest absolute Gasteiger partial charge is 0.330 e. The zero-order chi connectivity index (χ0) is 20.5. The fraction of sp³-hybridized carbons (Fsp3) is 0.526. The van der Waals surface area contributed by atoms with E-state index in [9.17, 15) is 14.7 Å². The zero-order valence-electron chi connectivity index (χ0n) is 16.4. The molecule has 0 bridgehead atoms. The second-order valence-corrected chi connectivity index (χ2v) is 7.54. The number of tetrazole rings is 1. The van der Waals surface area contributed by atoms with Gasteiger partial charge in [-0.05, 0) is 19.1 Å². The number of nitrogens with one attached hydrogen (secondary N) is 1. The first-order valence-electron chi connectivity index (χ1n) is 9.25. The van der Waals surface area contributed by atoms with Crippen molar-refractivity contribution in [3.8, 4) is 11.4 Å². The maximum Gasteiger partial charge on any atom is 0.330 e. The molecule has 150 valence electrons. The van der Waals surface area contributed by atoms with Crippen LogP contribution in [0.15, 0.2) is 30.3 Å². The lowest BCUT2D eigenvalue weighted by Crippen LogP contribution is -2.76. The molecule has 3 rings (SSSR count). The van der Waals surface area contributed by atoms with Gasteiger partial charge >= 0.3 is 5.97 Å². The van der Waals surface area contributed by atoms with Crippen molar-refractivity contribution in [1.29, 1.82) is 0 Å². The summed E-state index contributed by atoms with van der Waals surface area (Å²) in [5, 5.41) is 24.8. The first-order valence-corrected chi connectivity index (χ1v) is 9.25. The van der Waals surface area contributed by atoms with Crippen LogP contribution in [0.5, 0.6) is 0 Å². The number of ether oxygens (including phenoxy) is 1. The number of carbonyl (C=O) groups is 2. The average Bonchev–Trinajstić information content (AvgIpc) is 3.16. The fourth-order valence-electron chi connectivity index (χ4n) is 3.55. The van der Waals surface area contributed by atoms with Gasteiger partial charge in [-0.15, -0.1) is 10.2 Å². The van der Waals surface area contributed by atoms with Gasteiger partial charge in [0.2, 0.25) is 11.7 Å². The summed E-state index contributed by atoms with van der Waals surface area (Å²) in [5.41, 5.74) is -1.38. The molecule has 0 spiro atoms. The van der Waals surface area contributed by atoms with E-state index in [0.29, 0.717) is 12.4 Å². The number of amides is 1. The van der Waals surface area contributed by atoms with E-state index in [1.54, 1.807) is 20.8 Å². The van der Waals surface area contributed by atoms with Crippen molar-refractivity contribution < 1.29 is 19.4 Å². The third-order valence-corrected chi connectivity index (χ3v) is 5.65. The van der Waals surface area contributed by atoms with Gasteiger partial charge in [0.05, 0.1) is 6.10 Å². The van der Waals surface area contributed by atoms with Crippen molar-refractivity contribution >= 4 is 11.9 Å². The number of nitrogens with zero attached hydrogens (tertiary/aromatic N) is 4. The summed E-state index contributed by atoms with van der Waals surface area (Å²) in [5.74, 6) is -1.17. The summed E-state index contributed by atoms with van der Waals surface area (Å²) in [6, 6.07) is 8.47. The van der Waals surface area contributed by atoms with Gasteiger partial charge < -0.3 is 15.2 Å². The number of carboxylic acid groups (broad SMARTS) is 1. The molecule has 2 N–H and O–H groups in total. The molecular weight excluding hydrogens is 362 g/mol. The number of hydrogen-bond acceptors (Lipinski definition) is 6. The number of carbonyl (C=O) groups excluding carboxylic acids is 1. The number of hydrogen-bond donors (Lipinski definition) is 2. The number of rotatable bonds is 7. The standard InChI is InChI=1S/C19H25N5O4/c1-5-28-14-11-19(17(26)27,18(14,3)4)20-16(25)12(2)24-22-15(21-23-24)13-9-7-6-8-10-13/h6-10,12,14H,5,11H2,1-4H3,(H,20,25)(H,26,27). The van der Waals surface area contributed by atoms with Crippen LogP contribution in [0.4, 0.5) is 0 Å². The lowest BCUT2D eigenvalue weighted by atomic mass is 9.54. The van der Waals surface area contributed by atoms with E-state index in [1.807, 2.05) is 37.3 Å². The summed E-state index contributed by atoms with van der Waals surface area (Å²) >= 11 is 0. The van der Waals surface area contributed by atoms with E-state index in [2.05, 4.69) is 20.7 Å². The Hall–Kier alpha value is -2.81. The van der Waals surface area contributed by atoms with Crippen LogP contribution in [0, 0.1) is 5.41 Å². The van der Waals surface area contributed by atoms with Gasteiger partial charge in [-0.2, -0.15) is 4.80 Å². The normalized spacial score (nSPS) is 24.2. The third kappa shape index (κ3) is 3.15. The first kappa shape index (κ1) is 19.9. The zero-order valence-corrected chi connectivity index (χ0v) is 16.4. The van der Waals surface area contributed by atoms with Crippen molar-refractivity contribution in [3.63, 3.8) is 0 Å². The fourth-order valence-corrected chi connectivity index (χ4v) is 3.55. The van der Waals surface area contributed by atoms with Crippen molar-refractivity contribution in [3.05, 3.63) is 30.3 Å². The molecule has 0 aliphatic heterocycles. The first-order chi connectivity index (χ1) is 13.2. The number of aliphatic carboxylic acids is 1. The van der Waals surface area contributed by atoms with Crippen LogP contribution in [-0.4, -0.2) is 55.4 Å². The largest absolute Gasteiger partial charge is 0.479 e. The predicted molar refractivity (Wildman–Crippen MR) is 100 cm³/mol. The van der Waals surface area contributed by atoms with E-state index in [-0.39, 0.29) is 12.5 Å². The topological polar surface area (TPSA) is 119 Å². The average molecular weight is 387 g/mol. The van der Waals surface area contributed by atoms with Gasteiger partial charge in [0.15, 0.2) is 0 Å². The predicted octanol–water partition coefficient (Wildman–Crippen LogP) is 1.68. The van der Waals surface area contributed by atoms with Crippen LogP contribution < -0.4 is 5.32 Å². The van der Waals surface area contributed by atoms with Crippen molar-refractivity contribution in [2.75, 3.05) is 6.61 Å². The molecule has 0 radical (unpaired) electrons. The molecule has 9 heteroatoms. The van der Waals surface area contributed by atoms with Crippen LogP contribution in [-0.2, 0) is 14.3 Å². The van der Waals surface area contributed by atoms with Gasteiger partial charge in [-0.1, -0.05) is 44.2 Å². The molecule has 9 nitrogen and oxygen atoms in total. The molecule has 1 fully saturated rings. The van der Waals surface area contributed by atoms with E-state index >= 15 is 0 Å².